The van der Waals surface area contributed by atoms with Crippen molar-refractivity contribution in [1.29, 1.82) is 0 Å². The van der Waals surface area contributed by atoms with Gasteiger partial charge in [-0.1, -0.05) is 0 Å². The summed E-state index contributed by atoms with van der Waals surface area (Å²) in [6.45, 7) is 5.97. The molecule has 0 amide bonds. The molecular weight excluding hydrogens is 178 g/mol. The molecule has 0 atom stereocenters. The Hall–Kier alpha value is -1.58. The third-order valence-corrected chi connectivity index (χ3v) is 2.17. The molecule has 0 saturated heterocycles. The van der Waals surface area contributed by atoms with E-state index in [1.807, 2.05) is 33.0 Å². The molecule has 0 aromatic rings. The van der Waals surface area contributed by atoms with Gasteiger partial charge in [-0.15, -0.1) is 0 Å². The average Bonchev–Trinajstić information content (AvgIpc) is 2.47. The number of fused-ring (bicyclic) bond motifs is 1. The predicted molar refractivity (Wildman–Crippen MR) is 54.5 cm³/mol. The summed E-state index contributed by atoms with van der Waals surface area (Å²) >= 11 is 0. The van der Waals surface area contributed by atoms with Crippen LogP contribution in [0.2, 0.25) is 0 Å². The molecule has 0 saturated carbocycles. The normalized spacial score (nSPS) is 12.2. The van der Waals surface area contributed by atoms with E-state index in [2.05, 4.69) is 9.97 Å². The fraction of sp³-hybridized carbons (Fsp3) is 0.400. The van der Waals surface area contributed by atoms with Gasteiger partial charge in [0.05, 0.1) is 0 Å². The van der Waals surface area contributed by atoms with E-state index in [4.69, 9.17) is 0 Å². The molecule has 0 radical (unpaired) electrons. The molecule has 1 N–H and O–H groups in total. The van der Waals surface area contributed by atoms with E-state index in [0.717, 1.165) is 5.56 Å². The Morgan fingerprint density at radius 2 is 2.14 bits per heavy atom. The van der Waals surface area contributed by atoms with Crippen molar-refractivity contribution in [3.05, 3.63) is 28.9 Å². The van der Waals surface area contributed by atoms with Gasteiger partial charge in [0.25, 0.3) is 0 Å². The molecule has 2 heterocycles. The zero-order valence-corrected chi connectivity index (χ0v) is 8.53. The smallest absolute Gasteiger partial charge is 0.295 e. The van der Waals surface area contributed by atoms with Crippen LogP contribution in [0.15, 0.2) is 23.3 Å². The molecule has 0 aliphatic carbocycles. The summed E-state index contributed by atoms with van der Waals surface area (Å²) in [5.41, 5.74) is 0.627. The molecule has 0 aromatic heterocycles. The van der Waals surface area contributed by atoms with Crippen LogP contribution in [0.1, 0.15) is 20.8 Å². The van der Waals surface area contributed by atoms with Gasteiger partial charge in [0, 0.05) is 23.5 Å². The molecule has 0 aromatic carbocycles. The van der Waals surface area contributed by atoms with Crippen molar-refractivity contribution in [2.24, 2.45) is 0 Å². The van der Waals surface area contributed by atoms with Gasteiger partial charge in [0.15, 0.2) is 0 Å². The lowest BCUT2D eigenvalue weighted by Crippen LogP contribution is -2.35. The number of aromatic nitrogens is 3. The first kappa shape index (κ1) is 8.99. The highest BCUT2D eigenvalue weighted by atomic mass is 16.1. The molecule has 0 fully saturated rings. The lowest BCUT2D eigenvalue weighted by Gasteiger charge is -2.22. The summed E-state index contributed by atoms with van der Waals surface area (Å²) in [6, 6.07) is 1.88. The second-order valence-corrected chi connectivity index (χ2v) is 4.35. The average molecular weight is 191 g/mol. The molecular formula is C10H13N3O. The Kier molecular flexibility index (Phi) is 1.74. The number of nitrogens with one attached hydrogen (secondary N) is 1. The van der Waals surface area contributed by atoms with Gasteiger partial charge < -0.3 is 0 Å². The molecule has 0 unspecified atom stereocenters. The van der Waals surface area contributed by atoms with Crippen molar-refractivity contribution in [3.8, 4) is 11.4 Å². The zero-order chi connectivity index (χ0) is 10.3. The standard InChI is InChI=1S/C10H13N3O/c1-10(2,3)13-6-7-4-5-11-8(7)12-9(13)14/h4-6H,1-3H3,(H,11,12,14). The van der Waals surface area contributed by atoms with Crippen molar-refractivity contribution < 1.29 is 0 Å². The number of H-pyrrole nitrogens is 1. The Morgan fingerprint density at radius 1 is 1.43 bits per heavy atom. The first-order chi connectivity index (χ1) is 6.48. The first-order valence-electron chi connectivity index (χ1n) is 4.55. The molecule has 0 bridgehead atoms. The lowest BCUT2D eigenvalue weighted by atomic mass is 10.1. The summed E-state index contributed by atoms with van der Waals surface area (Å²) in [4.78, 5) is 18.4. The SMILES string of the molecule is CC(C)(C)n1cc2ccnc-2[nH]c1=O. The van der Waals surface area contributed by atoms with Crippen LogP contribution in [0, 0.1) is 0 Å². The van der Waals surface area contributed by atoms with E-state index < -0.39 is 0 Å². The molecule has 2 aliphatic heterocycles. The Bertz CT molecular complexity index is 475. The number of hydrogen-bond donors (Lipinski definition) is 1. The van der Waals surface area contributed by atoms with Crippen LogP contribution in [-0.2, 0) is 5.54 Å². The van der Waals surface area contributed by atoms with E-state index in [1.165, 1.54) is 0 Å². The Morgan fingerprint density at radius 3 is 2.79 bits per heavy atom. The van der Waals surface area contributed by atoms with Gasteiger partial charge in [-0.2, -0.15) is 0 Å². The minimum atomic E-state index is -0.209. The first-order valence-corrected chi connectivity index (χ1v) is 4.55. The maximum absolute atomic E-state index is 11.6. The van der Waals surface area contributed by atoms with Crippen molar-refractivity contribution in [3.63, 3.8) is 0 Å². The second kappa shape index (κ2) is 2.70. The van der Waals surface area contributed by atoms with Crippen molar-refractivity contribution in [2.45, 2.75) is 26.3 Å². The molecule has 14 heavy (non-hydrogen) atoms. The molecule has 2 aliphatic rings. The predicted octanol–water partition coefficient (Wildman–Crippen LogP) is 1.43. The number of nitrogens with zero attached hydrogens (tertiary/aromatic N) is 2. The van der Waals surface area contributed by atoms with Gasteiger partial charge in [-0.25, -0.2) is 9.78 Å². The Balaban J connectivity index is 2.74. The fourth-order valence-electron chi connectivity index (χ4n) is 1.41. The van der Waals surface area contributed by atoms with Crippen LogP contribution < -0.4 is 5.69 Å². The van der Waals surface area contributed by atoms with Crippen molar-refractivity contribution >= 4 is 0 Å². The van der Waals surface area contributed by atoms with Crippen LogP contribution in [0.4, 0.5) is 0 Å². The molecule has 2 rings (SSSR count). The van der Waals surface area contributed by atoms with Crippen LogP contribution in [-0.4, -0.2) is 14.5 Å². The second-order valence-electron chi connectivity index (χ2n) is 4.35. The molecule has 4 heteroatoms. The molecule has 74 valence electrons. The molecule has 0 spiro atoms. The monoisotopic (exact) mass is 191 g/mol. The van der Waals surface area contributed by atoms with Gasteiger partial charge in [0.2, 0.25) is 0 Å². The number of rotatable bonds is 0. The third kappa shape index (κ3) is 1.32. The topological polar surface area (TPSA) is 50.7 Å². The van der Waals surface area contributed by atoms with E-state index in [-0.39, 0.29) is 11.2 Å². The largest absolute Gasteiger partial charge is 0.327 e. The van der Waals surface area contributed by atoms with E-state index in [0.29, 0.717) is 5.82 Å². The van der Waals surface area contributed by atoms with Crippen molar-refractivity contribution in [2.75, 3.05) is 0 Å². The fourth-order valence-corrected chi connectivity index (χ4v) is 1.41. The highest BCUT2D eigenvalue weighted by molar-refractivity contribution is 5.54. The van der Waals surface area contributed by atoms with Gasteiger partial charge in [0.1, 0.15) is 5.82 Å². The Labute approximate surface area is 81.9 Å². The van der Waals surface area contributed by atoms with Crippen LogP contribution in [0.3, 0.4) is 0 Å². The highest BCUT2D eigenvalue weighted by Crippen LogP contribution is 2.18. The van der Waals surface area contributed by atoms with E-state index in [9.17, 15) is 4.79 Å². The summed E-state index contributed by atoms with van der Waals surface area (Å²) in [5, 5.41) is 0. The van der Waals surface area contributed by atoms with E-state index in [1.54, 1.807) is 10.8 Å². The summed E-state index contributed by atoms with van der Waals surface area (Å²) < 4.78 is 1.68. The summed E-state index contributed by atoms with van der Waals surface area (Å²) in [6.07, 6.45) is 3.52. The number of aromatic amines is 1. The summed E-state index contributed by atoms with van der Waals surface area (Å²) in [7, 11) is 0. The van der Waals surface area contributed by atoms with Crippen molar-refractivity contribution in [1.82, 2.24) is 14.5 Å². The minimum absolute atomic E-state index is 0.122. The third-order valence-electron chi connectivity index (χ3n) is 2.17. The van der Waals surface area contributed by atoms with Crippen LogP contribution in [0.5, 0.6) is 0 Å². The van der Waals surface area contributed by atoms with Gasteiger partial charge in [-0.3, -0.25) is 9.55 Å². The maximum atomic E-state index is 11.6. The maximum Gasteiger partial charge on any atom is 0.327 e. The van der Waals surface area contributed by atoms with Crippen LogP contribution in [0.25, 0.3) is 11.4 Å². The van der Waals surface area contributed by atoms with Gasteiger partial charge >= 0.3 is 5.69 Å². The highest BCUT2D eigenvalue weighted by Gasteiger charge is 2.17. The van der Waals surface area contributed by atoms with Gasteiger partial charge in [-0.05, 0) is 26.8 Å². The quantitative estimate of drug-likeness (QED) is 0.684. The molecule has 4 nitrogen and oxygen atoms in total. The minimum Gasteiger partial charge on any atom is -0.295 e. The zero-order valence-electron chi connectivity index (χ0n) is 8.53. The number of hydrogen-bond acceptors (Lipinski definition) is 2. The lowest BCUT2D eigenvalue weighted by molar-refractivity contribution is 0.378. The van der Waals surface area contributed by atoms with Crippen LogP contribution >= 0.6 is 0 Å². The summed E-state index contributed by atoms with van der Waals surface area (Å²) in [5.74, 6) is 0.649. The van der Waals surface area contributed by atoms with E-state index >= 15 is 0 Å².